The van der Waals surface area contributed by atoms with Crippen LogP contribution in [0.2, 0.25) is 5.02 Å². The number of rotatable bonds is 6. The van der Waals surface area contributed by atoms with Crippen LogP contribution in [0, 0.1) is 0 Å². The zero-order valence-corrected chi connectivity index (χ0v) is 17.2. The fourth-order valence-corrected chi connectivity index (χ4v) is 2.79. The molecule has 0 fully saturated rings. The summed E-state index contributed by atoms with van der Waals surface area (Å²) < 4.78 is 15.9. The summed E-state index contributed by atoms with van der Waals surface area (Å²) in [5.41, 5.74) is 0.197. The second-order valence-corrected chi connectivity index (χ2v) is 7.89. The van der Waals surface area contributed by atoms with Crippen molar-refractivity contribution in [2.45, 2.75) is 32.7 Å². The van der Waals surface area contributed by atoms with Crippen LogP contribution in [0.25, 0.3) is 0 Å². The number of fused-ring (bicyclic) bond motifs is 1. The van der Waals surface area contributed by atoms with E-state index in [9.17, 15) is 14.4 Å². The van der Waals surface area contributed by atoms with E-state index in [0.29, 0.717) is 35.3 Å². The number of carbonyl (C=O) groups is 3. The van der Waals surface area contributed by atoms with Gasteiger partial charge in [0.2, 0.25) is 5.91 Å². The van der Waals surface area contributed by atoms with E-state index < -0.39 is 24.0 Å². The molecule has 0 aliphatic carbocycles. The third-order valence-electron chi connectivity index (χ3n) is 3.68. The van der Waals surface area contributed by atoms with Gasteiger partial charge in [0.05, 0.1) is 18.0 Å². The fourth-order valence-electron chi connectivity index (χ4n) is 2.50. The minimum absolute atomic E-state index is 0.0716. The maximum Gasteiger partial charge on any atom is 0.310 e. The van der Waals surface area contributed by atoms with Gasteiger partial charge in [0.15, 0.2) is 18.1 Å². The van der Waals surface area contributed by atoms with Crippen LogP contribution in [-0.2, 0) is 25.5 Å². The normalized spacial score (nSPS) is 12.9. The Labute approximate surface area is 169 Å². The number of ether oxygens (including phenoxy) is 3. The molecule has 8 nitrogen and oxygen atoms in total. The number of hydrogen-bond donors (Lipinski definition) is 1. The Kier molecular flexibility index (Phi) is 7.12. The number of benzene rings is 1. The number of halogens is 1. The predicted octanol–water partition coefficient (Wildman–Crippen LogP) is 1.57. The lowest BCUT2D eigenvalue weighted by molar-refractivity contribution is -0.151. The molecular weight excluding hydrogens is 388 g/mol. The van der Waals surface area contributed by atoms with E-state index in [1.807, 2.05) is 20.8 Å². The molecule has 9 heteroatoms. The quantitative estimate of drug-likeness (QED) is 0.713. The van der Waals surface area contributed by atoms with Crippen LogP contribution in [0.15, 0.2) is 12.1 Å². The number of amides is 2. The van der Waals surface area contributed by atoms with Crippen LogP contribution >= 0.6 is 11.6 Å². The number of likely N-dealkylation sites (N-methyl/N-ethyl adjacent to an activating group) is 1. The number of carbonyl (C=O) groups excluding carboxylic acids is 3. The van der Waals surface area contributed by atoms with E-state index in [0.717, 1.165) is 0 Å². The lowest BCUT2D eigenvalue weighted by Crippen LogP contribution is -2.46. The summed E-state index contributed by atoms with van der Waals surface area (Å²) in [6, 6.07) is 3.26. The Morgan fingerprint density at radius 2 is 1.89 bits per heavy atom. The van der Waals surface area contributed by atoms with Crippen molar-refractivity contribution in [2.24, 2.45) is 0 Å². The molecule has 2 rings (SSSR count). The minimum atomic E-state index is -0.589. The summed E-state index contributed by atoms with van der Waals surface area (Å²) in [6.07, 6.45) is -0.0716. The molecule has 0 saturated heterocycles. The van der Waals surface area contributed by atoms with Gasteiger partial charge in [0.25, 0.3) is 5.91 Å². The highest BCUT2D eigenvalue weighted by molar-refractivity contribution is 6.32. The molecule has 0 atom stereocenters. The second-order valence-electron chi connectivity index (χ2n) is 7.49. The summed E-state index contributed by atoms with van der Waals surface area (Å²) in [5, 5.41) is 3.11. The van der Waals surface area contributed by atoms with E-state index in [1.54, 1.807) is 12.1 Å². The van der Waals surface area contributed by atoms with Gasteiger partial charge in [-0.15, -0.1) is 0 Å². The molecule has 1 N–H and O–H groups in total. The molecule has 0 bridgehead atoms. The van der Waals surface area contributed by atoms with Crippen LogP contribution in [-0.4, -0.2) is 61.6 Å². The molecule has 2 amide bonds. The minimum Gasteiger partial charge on any atom is -0.486 e. The number of esters is 1. The molecule has 0 spiro atoms. The molecule has 0 unspecified atom stereocenters. The van der Waals surface area contributed by atoms with Gasteiger partial charge in [-0.05, 0) is 38.5 Å². The van der Waals surface area contributed by atoms with Gasteiger partial charge >= 0.3 is 5.97 Å². The number of hydrogen-bond acceptors (Lipinski definition) is 6. The summed E-state index contributed by atoms with van der Waals surface area (Å²) in [7, 11) is 1.47. The Morgan fingerprint density at radius 1 is 1.21 bits per heavy atom. The topological polar surface area (TPSA) is 94.2 Å². The third kappa shape index (κ3) is 6.60. The maximum absolute atomic E-state index is 12.1. The van der Waals surface area contributed by atoms with Crippen LogP contribution in [0.3, 0.4) is 0 Å². The van der Waals surface area contributed by atoms with Gasteiger partial charge in [0.1, 0.15) is 13.2 Å². The second kappa shape index (κ2) is 9.14. The van der Waals surface area contributed by atoms with E-state index in [-0.39, 0.29) is 18.9 Å². The van der Waals surface area contributed by atoms with Gasteiger partial charge in [-0.3, -0.25) is 14.4 Å². The van der Waals surface area contributed by atoms with Crippen LogP contribution in [0.4, 0.5) is 0 Å². The Balaban J connectivity index is 1.83. The molecule has 1 aliphatic heterocycles. The zero-order chi connectivity index (χ0) is 20.9. The van der Waals surface area contributed by atoms with E-state index in [4.69, 9.17) is 25.8 Å². The van der Waals surface area contributed by atoms with Crippen molar-refractivity contribution in [1.82, 2.24) is 10.2 Å². The first-order valence-corrected chi connectivity index (χ1v) is 9.21. The monoisotopic (exact) mass is 412 g/mol. The Hall–Kier alpha value is -2.48. The fraction of sp³-hybridized carbons (Fsp3) is 0.526. The average Bonchev–Trinajstić information content (AvgIpc) is 2.58. The first-order chi connectivity index (χ1) is 13.0. The van der Waals surface area contributed by atoms with E-state index in [2.05, 4.69) is 5.32 Å². The zero-order valence-electron chi connectivity index (χ0n) is 16.5. The van der Waals surface area contributed by atoms with E-state index in [1.165, 1.54) is 11.9 Å². The van der Waals surface area contributed by atoms with Crippen LogP contribution in [0.5, 0.6) is 11.5 Å². The number of nitrogens with zero attached hydrogens (tertiary/aromatic N) is 1. The van der Waals surface area contributed by atoms with Gasteiger partial charge < -0.3 is 24.4 Å². The first kappa shape index (κ1) is 21.8. The standard InChI is InChI=1S/C19H25ClN2O6/c1-19(2,3)21-15(23)10-22(4)16(24)11-28-17(25)9-12-7-13(20)18-14(8-12)26-5-6-27-18/h7-8H,5-6,9-11H2,1-4H3,(H,21,23). The molecule has 1 aromatic rings. The SMILES string of the molecule is CN(CC(=O)NC(C)(C)C)C(=O)COC(=O)Cc1cc(Cl)c2c(c1)OCCO2. The summed E-state index contributed by atoms with van der Waals surface area (Å²) >= 11 is 6.14. The maximum atomic E-state index is 12.1. The van der Waals surface area contributed by atoms with Crippen LogP contribution in [0.1, 0.15) is 26.3 Å². The molecular formula is C19H25ClN2O6. The van der Waals surface area contributed by atoms with E-state index >= 15 is 0 Å². The highest BCUT2D eigenvalue weighted by Gasteiger charge is 2.20. The van der Waals surface area contributed by atoms with Crippen LogP contribution < -0.4 is 14.8 Å². The van der Waals surface area contributed by atoms with Crippen molar-refractivity contribution in [3.8, 4) is 11.5 Å². The molecule has 0 aromatic heterocycles. The van der Waals surface area contributed by atoms with Gasteiger partial charge in [-0.2, -0.15) is 0 Å². The smallest absolute Gasteiger partial charge is 0.310 e. The molecule has 0 saturated carbocycles. The molecule has 1 aliphatic rings. The Morgan fingerprint density at radius 3 is 2.57 bits per heavy atom. The molecule has 28 heavy (non-hydrogen) atoms. The van der Waals surface area contributed by atoms with Crippen molar-refractivity contribution >= 4 is 29.4 Å². The van der Waals surface area contributed by atoms with Crippen molar-refractivity contribution in [3.05, 3.63) is 22.7 Å². The summed E-state index contributed by atoms with van der Waals surface area (Å²) in [6.45, 7) is 5.79. The Bertz CT molecular complexity index is 760. The van der Waals surface area contributed by atoms with Crippen molar-refractivity contribution in [2.75, 3.05) is 33.4 Å². The summed E-state index contributed by atoms with van der Waals surface area (Å²) in [5.74, 6) is -0.426. The average molecular weight is 413 g/mol. The number of nitrogens with one attached hydrogen (secondary N) is 1. The lowest BCUT2D eigenvalue weighted by Gasteiger charge is -2.23. The first-order valence-electron chi connectivity index (χ1n) is 8.84. The third-order valence-corrected chi connectivity index (χ3v) is 3.96. The van der Waals surface area contributed by atoms with Gasteiger partial charge in [-0.1, -0.05) is 11.6 Å². The molecule has 1 heterocycles. The highest BCUT2D eigenvalue weighted by Crippen LogP contribution is 2.38. The molecule has 1 aromatic carbocycles. The predicted molar refractivity (Wildman–Crippen MR) is 103 cm³/mol. The van der Waals surface area contributed by atoms with Gasteiger partial charge in [-0.25, -0.2) is 0 Å². The largest absolute Gasteiger partial charge is 0.486 e. The van der Waals surface area contributed by atoms with Gasteiger partial charge in [0, 0.05) is 12.6 Å². The van der Waals surface area contributed by atoms with Crippen molar-refractivity contribution in [1.29, 1.82) is 0 Å². The van der Waals surface area contributed by atoms with Crippen molar-refractivity contribution < 1.29 is 28.6 Å². The summed E-state index contributed by atoms with van der Waals surface area (Å²) in [4.78, 5) is 37.2. The molecule has 0 radical (unpaired) electrons. The van der Waals surface area contributed by atoms with Crippen molar-refractivity contribution in [3.63, 3.8) is 0 Å². The molecule has 154 valence electrons. The highest BCUT2D eigenvalue weighted by atomic mass is 35.5. The lowest BCUT2D eigenvalue weighted by atomic mass is 10.1.